The molecule has 170 valence electrons. The van der Waals surface area contributed by atoms with Crippen molar-refractivity contribution < 1.29 is 17.9 Å². The highest BCUT2D eigenvalue weighted by Crippen LogP contribution is 2.40. The zero-order valence-corrected chi connectivity index (χ0v) is 18.1. The lowest BCUT2D eigenvalue weighted by molar-refractivity contribution is -0.158. The maximum Gasteiger partial charge on any atom is 0.396 e. The van der Waals surface area contributed by atoms with Gasteiger partial charge in [0, 0.05) is 29.9 Å². The minimum absolute atomic E-state index is 0.0483. The second kappa shape index (κ2) is 8.28. The first-order valence-electron chi connectivity index (χ1n) is 10.7. The van der Waals surface area contributed by atoms with E-state index in [9.17, 15) is 13.2 Å². The van der Waals surface area contributed by atoms with Gasteiger partial charge in [-0.25, -0.2) is 19.9 Å². The second-order valence-corrected chi connectivity index (χ2v) is 8.40. The van der Waals surface area contributed by atoms with Crippen molar-refractivity contribution in [2.75, 3.05) is 6.61 Å². The lowest BCUT2D eigenvalue weighted by Crippen LogP contribution is -2.21. The van der Waals surface area contributed by atoms with Crippen molar-refractivity contribution in [2.45, 2.75) is 51.3 Å². The standard InChI is InChI=1S/C23H21F3N6O/c1-12-13(2)30-22-20(29-12)19(14-3-4-17(9-14)23(24,25)26)31-21(32-22)15-6-8-33-18(10-15)16-5-7-27-28-11-16/h4-5,7,11,15,17-18H,6,8-10H2,1-2H3/t15?,17-,18?/m0/s1. The van der Waals surface area contributed by atoms with E-state index in [2.05, 4.69) is 30.9 Å². The Kier molecular flexibility index (Phi) is 5.42. The molecule has 3 aromatic heterocycles. The molecule has 0 spiro atoms. The van der Waals surface area contributed by atoms with Crippen LogP contribution < -0.4 is 0 Å². The summed E-state index contributed by atoms with van der Waals surface area (Å²) in [5.74, 6) is -1.09. The smallest absolute Gasteiger partial charge is 0.373 e. The monoisotopic (exact) mass is 454 g/mol. The number of rotatable bonds is 3. The number of hydrogen-bond donors (Lipinski definition) is 0. The molecular weight excluding hydrogens is 433 g/mol. The Labute approximate surface area is 187 Å². The van der Waals surface area contributed by atoms with Gasteiger partial charge >= 0.3 is 6.18 Å². The third-order valence-corrected chi connectivity index (χ3v) is 6.18. The fourth-order valence-corrected chi connectivity index (χ4v) is 4.19. The summed E-state index contributed by atoms with van der Waals surface area (Å²) < 4.78 is 45.8. The van der Waals surface area contributed by atoms with E-state index in [1.807, 2.05) is 19.9 Å². The number of nitrogens with zero attached hydrogens (tertiary/aromatic N) is 6. The Morgan fingerprint density at radius 3 is 2.61 bits per heavy atom. The zero-order chi connectivity index (χ0) is 23.2. The Hall–Kier alpha value is -3.23. The van der Waals surface area contributed by atoms with Gasteiger partial charge < -0.3 is 4.74 Å². The third kappa shape index (κ3) is 4.24. The van der Waals surface area contributed by atoms with Crippen LogP contribution in [0.3, 0.4) is 0 Å². The molecule has 0 aromatic carbocycles. The molecule has 0 bridgehead atoms. The molecule has 0 radical (unpaired) electrons. The van der Waals surface area contributed by atoms with Crippen molar-refractivity contribution in [1.29, 1.82) is 0 Å². The first kappa shape index (κ1) is 21.6. The highest BCUT2D eigenvalue weighted by Gasteiger charge is 2.41. The number of alkyl halides is 3. The predicted molar refractivity (Wildman–Crippen MR) is 113 cm³/mol. The molecule has 5 rings (SSSR count). The number of fused-ring (bicyclic) bond motifs is 1. The van der Waals surface area contributed by atoms with Gasteiger partial charge in [0.1, 0.15) is 17.0 Å². The van der Waals surface area contributed by atoms with E-state index < -0.39 is 12.1 Å². The summed E-state index contributed by atoms with van der Waals surface area (Å²) in [5, 5.41) is 7.73. The molecule has 2 unspecified atom stereocenters. The van der Waals surface area contributed by atoms with Crippen molar-refractivity contribution in [1.82, 2.24) is 30.1 Å². The summed E-state index contributed by atoms with van der Waals surface area (Å²) in [6, 6.07) is 1.86. The molecule has 3 atom stereocenters. The van der Waals surface area contributed by atoms with Gasteiger partial charge in [0.2, 0.25) is 0 Å². The van der Waals surface area contributed by atoms with Crippen LogP contribution in [-0.2, 0) is 4.74 Å². The molecule has 3 aromatic rings. The number of allylic oxidation sites excluding steroid dienone is 1. The first-order valence-corrected chi connectivity index (χ1v) is 10.7. The Morgan fingerprint density at radius 2 is 1.88 bits per heavy atom. The molecule has 0 saturated carbocycles. The maximum atomic E-state index is 13.3. The van der Waals surface area contributed by atoms with Crippen LogP contribution in [-0.4, -0.2) is 42.9 Å². The van der Waals surface area contributed by atoms with Crippen molar-refractivity contribution in [3.63, 3.8) is 0 Å². The lowest BCUT2D eigenvalue weighted by Gasteiger charge is -2.29. The van der Waals surface area contributed by atoms with Gasteiger partial charge in [-0.05, 0) is 45.3 Å². The topological polar surface area (TPSA) is 86.6 Å². The van der Waals surface area contributed by atoms with Gasteiger partial charge in [-0.2, -0.15) is 23.4 Å². The SMILES string of the molecule is Cc1nc2nc(C3CCOC(c4ccnnc4)C3)nc(C3=C=C[C@H](C(F)(F)F)C3)c2nc1C. The Morgan fingerprint density at radius 1 is 1.06 bits per heavy atom. The predicted octanol–water partition coefficient (Wildman–Crippen LogP) is 4.58. The molecule has 0 N–H and O–H groups in total. The molecule has 1 saturated heterocycles. The van der Waals surface area contributed by atoms with Crippen LogP contribution in [0.5, 0.6) is 0 Å². The average Bonchev–Trinajstić information content (AvgIpc) is 3.31. The van der Waals surface area contributed by atoms with Gasteiger partial charge in [0.15, 0.2) is 5.65 Å². The highest BCUT2D eigenvalue weighted by molar-refractivity contribution is 5.85. The first-order chi connectivity index (χ1) is 15.8. The number of ether oxygens (including phenoxy) is 1. The summed E-state index contributed by atoms with van der Waals surface area (Å²) in [6.45, 7) is 4.15. The highest BCUT2D eigenvalue weighted by atomic mass is 19.4. The minimum Gasteiger partial charge on any atom is -0.373 e. The average molecular weight is 454 g/mol. The number of hydrogen-bond acceptors (Lipinski definition) is 7. The molecule has 1 aliphatic heterocycles. The van der Waals surface area contributed by atoms with E-state index in [1.165, 1.54) is 0 Å². The molecular formula is C23H21F3N6O. The molecule has 1 aliphatic carbocycles. The van der Waals surface area contributed by atoms with Crippen LogP contribution in [0.1, 0.15) is 59.8 Å². The van der Waals surface area contributed by atoms with E-state index in [0.29, 0.717) is 53.4 Å². The molecule has 2 aliphatic rings. The van der Waals surface area contributed by atoms with E-state index in [4.69, 9.17) is 9.72 Å². The normalized spacial score (nSPS) is 23.2. The number of aryl methyl sites for hydroxylation is 2. The zero-order valence-electron chi connectivity index (χ0n) is 18.1. The minimum atomic E-state index is -4.33. The van der Waals surface area contributed by atoms with Crippen molar-refractivity contribution in [2.24, 2.45) is 5.92 Å². The Balaban J connectivity index is 1.55. The van der Waals surface area contributed by atoms with Gasteiger partial charge in [-0.15, -0.1) is 5.73 Å². The molecule has 4 heterocycles. The van der Waals surface area contributed by atoms with Gasteiger partial charge in [0.25, 0.3) is 0 Å². The van der Waals surface area contributed by atoms with E-state index >= 15 is 0 Å². The molecule has 0 amide bonds. The van der Waals surface area contributed by atoms with Gasteiger partial charge in [-0.3, -0.25) is 0 Å². The van der Waals surface area contributed by atoms with Crippen LogP contribution in [0.25, 0.3) is 16.7 Å². The quantitative estimate of drug-likeness (QED) is 0.535. The van der Waals surface area contributed by atoms with Crippen LogP contribution in [0, 0.1) is 19.8 Å². The Bertz CT molecular complexity index is 1270. The second-order valence-electron chi connectivity index (χ2n) is 8.40. The molecule has 10 heteroatoms. The largest absolute Gasteiger partial charge is 0.396 e. The number of halogens is 3. The van der Waals surface area contributed by atoms with Crippen LogP contribution in [0.2, 0.25) is 0 Å². The summed E-state index contributed by atoms with van der Waals surface area (Å²) in [6.07, 6.45) is 0.930. The summed E-state index contributed by atoms with van der Waals surface area (Å²) >= 11 is 0. The van der Waals surface area contributed by atoms with E-state index in [1.54, 1.807) is 12.4 Å². The van der Waals surface area contributed by atoms with E-state index in [0.717, 1.165) is 17.3 Å². The van der Waals surface area contributed by atoms with Crippen molar-refractivity contribution in [3.05, 3.63) is 58.7 Å². The maximum absolute atomic E-state index is 13.3. The van der Waals surface area contributed by atoms with Gasteiger partial charge in [0.05, 0.1) is 29.6 Å². The summed E-state index contributed by atoms with van der Waals surface area (Å²) in [5.41, 5.74) is 6.66. The van der Waals surface area contributed by atoms with Crippen molar-refractivity contribution in [3.8, 4) is 0 Å². The van der Waals surface area contributed by atoms with Gasteiger partial charge in [-0.1, -0.05) is 0 Å². The van der Waals surface area contributed by atoms with Crippen LogP contribution in [0.15, 0.2) is 30.3 Å². The lowest BCUT2D eigenvalue weighted by atomic mass is 9.91. The van der Waals surface area contributed by atoms with Crippen LogP contribution in [0.4, 0.5) is 13.2 Å². The summed E-state index contributed by atoms with van der Waals surface area (Å²) in [7, 11) is 0. The fraction of sp³-hybridized carbons (Fsp3) is 0.435. The third-order valence-electron chi connectivity index (χ3n) is 6.18. The fourth-order valence-electron chi connectivity index (χ4n) is 4.19. The van der Waals surface area contributed by atoms with E-state index in [-0.39, 0.29) is 18.4 Å². The van der Waals surface area contributed by atoms with Crippen LogP contribution >= 0.6 is 0 Å². The van der Waals surface area contributed by atoms with Crippen molar-refractivity contribution >= 4 is 16.7 Å². The number of aromatic nitrogens is 6. The summed E-state index contributed by atoms with van der Waals surface area (Å²) in [4.78, 5) is 18.6. The molecule has 1 fully saturated rings. The molecule has 33 heavy (non-hydrogen) atoms. The molecule has 7 nitrogen and oxygen atoms in total.